The first-order chi connectivity index (χ1) is 9.15. The van der Waals surface area contributed by atoms with Crippen LogP contribution < -0.4 is 5.73 Å². The van der Waals surface area contributed by atoms with Gasteiger partial charge in [-0.3, -0.25) is 9.48 Å². The van der Waals surface area contributed by atoms with Crippen LogP contribution in [0.2, 0.25) is 0 Å². The van der Waals surface area contributed by atoms with Gasteiger partial charge in [0.15, 0.2) is 0 Å². The third-order valence-electron chi connectivity index (χ3n) is 3.60. The van der Waals surface area contributed by atoms with Gasteiger partial charge in [0.05, 0.1) is 0 Å². The van der Waals surface area contributed by atoms with E-state index in [1.54, 1.807) is 12.7 Å². The second-order valence-electron chi connectivity index (χ2n) is 5.48. The molecular weight excluding hydrogens is 242 g/mol. The van der Waals surface area contributed by atoms with Crippen LogP contribution in [0.1, 0.15) is 32.6 Å². The normalized spacial score (nSPS) is 21.4. The zero-order valence-electron chi connectivity index (χ0n) is 11.5. The minimum Gasteiger partial charge on any atom is -0.342 e. The van der Waals surface area contributed by atoms with Crippen molar-refractivity contribution in [3.05, 3.63) is 12.7 Å². The highest BCUT2D eigenvalue weighted by atomic mass is 16.2. The van der Waals surface area contributed by atoms with Crippen molar-refractivity contribution in [1.29, 1.82) is 0 Å². The first-order valence-electron chi connectivity index (χ1n) is 7.01. The number of amides is 1. The van der Waals surface area contributed by atoms with Crippen LogP contribution in [0.25, 0.3) is 0 Å². The van der Waals surface area contributed by atoms with Crippen molar-refractivity contribution in [3.8, 4) is 0 Å². The minimum atomic E-state index is 0.0969. The van der Waals surface area contributed by atoms with Crippen LogP contribution in [0.4, 0.5) is 0 Å². The molecule has 0 aliphatic carbocycles. The molecule has 1 aliphatic heterocycles. The van der Waals surface area contributed by atoms with Crippen LogP contribution in [0, 0.1) is 5.92 Å². The van der Waals surface area contributed by atoms with Crippen LogP contribution in [0.3, 0.4) is 0 Å². The summed E-state index contributed by atoms with van der Waals surface area (Å²) in [7, 11) is 0. The maximum Gasteiger partial charge on any atom is 0.222 e. The summed E-state index contributed by atoms with van der Waals surface area (Å²) in [4.78, 5) is 18.0. The van der Waals surface area contributed by atoms with E-state index in [0.29, 0.717) is 12.3 Å². The summed E-state index contributed by atoms with van der Waals surface area (Å²) < 4.78 is 1.85. The second kappa shape index (κ2) is 6.65. The summed E-state index contributed by atoms with van der Waals surface area (Å²) in [5, 5.41) is 4.13. The first kappa shape index (κ1) is 14.0. The predicted molar refractivity (Wildman–Crippen MR) is 72.2 cm³/mol. The Labute approximate surface area is 114 Å². The van der Waals surface area contributed by atoms with Gasteiger partial charge in [-0.05, 0) is 32.1 Å². The van der Waals surface area contributed by atoms with E-state index >= 15 is 0 Å². The molecule has 0 radical (unpaired) electrons. The molecule has 2 rings (SSSR count). The molecule has 106 valence electrons. The molecule has 0 bridgehead atoms. The number of likely N-dealkylation sites (tertiary alicyclic amines) is 1. The summed E-state index contributed by atoms with van der Waals surface area (Å²) in [6, 6.07) is 0.0969. The molecule has 0 aromatic carbocycles. The van der Waals surface area contributed by atoms with Gasteiger partial charge in [0.25, 0.3) is 0 Å². The third kappa shape index (κ3) is 4.31. The zero-order valence-corrected chi connectivity index (χ0v) is 11.5. The summed E-state index contributed by atoms with van der Waals surface area (Å²) in [6.07, 6.45) is 6.84. The maximum absolute atomic E-state index is 12.1. The molecule has 19 heavy (non-hydrogen) atoms. The van der Waals surface area contributed by atoms with E-state index in [9.17, 15) is 4.79 Å². The fourth-order valence-electron chi connectivity index (χ4n) is 2.54. The third-order valence-corrected chi connectivity index (χ3v) is 3.60. The van der Waals surface area contributed by atoms with Gasteiger partial charge < -0.3 is 10.6 Å². The largest absolute Gasteiger partial charge is 0.342 e. The molecule has 2 heterocycles. The average molecular weight is 265 g/mol. The standard InChI is InChI=1S/C13H23N5O/c1-11(14)4-5-13(19)17-6-2-3-12(7-17)8-18-10-15-9-16-18/h9-12H,2-8,14H2,1H3. The molecule has 6 heteroatoms. The van der Waals surface area contributed by atoms with Crippen molar-refractivity contribution < 1.29 is 4.79 Å². The Bertz CT molecular complexity index is 390. The Kier molecular flexibility index (Phi) is 4.90. The number of rotatable bonds is 5. The first-order valence-corrected chi connectivity index (χ1v) is 7.01. The SMILES string of the molecule is CC(N)CCC(=O)N1CCCC(Cn2cncn2)C1. The average Bonchev–Trinajstić information content (AvgIpc) is 2.89. The van der Waals surface area contributed by atoms with Gasteiger partial charge in [0.1, 0.15) is 12.7 Å². The van der Waals surface area contributed by atoms with Crippen molar-refractivity contribution in [2.24, 2.45) is 11.7 Å². The quantitative estimate of drug-likeness (QED) is 0.847. The van der Waals surface area contributed by atoms with Crippen molar-refractivity contribution in [2.45, 2.75) is 45.2 Å². The molecule has 1 fully saturated rings. The molecule has 1 amide bonds. The smallest absolute Gasteiger partial charge is 0.222 e. The van der Waals surface area contributed by atoms with Gasteiger partial charge >= 0.3 is 0 Å². The molecular formula is C13H23N5O. The van der Waals surface area contributed by atoms with E-state index in [4.69, 9.17) is 5.73 Å². The second-order valence-corrected chi connectivity index (χ2v) is 5.48. The number of hydrogen-bond donors (Lipinski definition) is 1. The van der Waals surface area contributed by atoms with E-state index < -0.39 is 0 Å². The number of aromatic nitrogens is 3. The van der Waals surface area contributed by atoms with E-state index in [1.807, 2.05) is 16.5 Å². The Morgan fingerprint density at radius 3 is 3.11 bits per heavy atom. The lowest BCUT2D eigenvalue weighted by atomic mass is 9.97. The number of nitrogens with two attached hydrogens (primary N) is 1. The summed E-state index contributed by atoms with van der Waals surface area (Å²) in [5.41, 5.74) is 5.70. The van der Waals surface area contributed by atoms with Crippen LogP contribution in [-0.4, -0.2) is 44.7 Å². The lowest BCUT2D eigenvalue weighted by molar-refractivity contribution is -0.133. The van der Waals surface area contributed by atoms with E-state index in [-0.39, 0.29) is 11.9 Å². The molecule has 0 saturated carbocycles. The summed E-state index contributed by atoms with van der Waals surface area (Å²) >= 11 is 0. The molecule has 2 unspecified atom stereocenters. The number of piperidine rings is 1. The van der Waals surface area contributed by atoms with Crippen molar-refractivity contribution in [2.75, 3.05) is 13.1 Å². The molecule has 1 aromatic rings. The van der Waals surface area contributed by atoms with Crippen LogP contribution in [0.15, 0.2) is 12.7 Å². The van der Waals surface area contributed by atoms with E-state index in [2.05, 4.69) is 10.1 Å². The topological polar surface area (TPSA) is 77.0 Å². The van der Waals surface area contributed by atoms with Gasteiger partial charge in [-0.2, -0.15) is 5.10 Å². The lowest BCUT2D eigenvalue weighted by Gasteiger charge is -2.33. The van der Waals surface area contributed by atoms with Crippen LogP contribution in [0.5, 0.6) is 0 Å². The van der Waals surface area contributed by atoms with Crippen molar-refractivity contribution >= 4 is 5.91 Å². The van der Waals surface area contributed by atoms with Crippen molar-refractivity contribution in [1.82, 2.24) is 19.7 Å². The van der Waals surface area contributed by atoms with Gasteiger partial charge in [-0.1, -0.05) is 0 Å². The number of carbonyl (C=O) groups is 1. The highest BCUT2D eigenvalue weighted by molar-refractivity contribution is 5.76. The predicted octanol–water partition coefficient (Wildman–Crippen LogP) is 0.644. The summed E-state index contributed by atoms with van der Waals surface area (Å²) in [6.45, 7) is 4.50. The lowest BCUT2D eigenvalue weighted by Crippen LogP contribution is -2.41. The molecule has 0 spiro atoms. The Balaban J connectivity index is 1.81. The van der Waals surface area contributed by atoms with Gasteiger partial charge in [0.2, 0.25) is 5.91 Å². The molecule has 6 nitrogen and oxygen atoms in total. The van der Waals surface area contributed by atoms with Crippen molar-refractivity contribution in [3.63, 3.8) is 0 Å². The number of hydrogen-bond acceptors (Lipinski definition) is 4. The highest BCUT2D eigenvalue weighted by Gasteiger charge is 2.23. The Hall–Kier alpha value is -1.43. The van der Waals surface area contributed by atoms with E-state index in [1.165, 1.54) is 0 Å². The zero-order chi connectivity index (χ0) is 13.7. The molecule has 2 N–H and O–H groups in total. The fourth-order valence-corrected chi connectivity index (χ4v) is 2.54. The van der Waals surface area contributed by atoms with Gasteiger partial charge in [0, 0.05) is 32.1 Å². The maximum atomic E-state index is 12.1. The van der Waals surface area contributed by atoms with Gasteiger partial charge in [-0.25, -0.2) is 4.98 Å². The van der Waals surface area contributed by atoms with Gasteiger partial charge in [-0.15, -0.1) is 0 Å². The Morgan fingerprint density at radius 1 is 1.58 bits per heavy atom. The number of carbonyl (C=O) groups excluding carboxylic acids is 1. The molecule has 1 saturated heterocycles. The summed E-state index contributed by atoms with van der Waals surface area (Å²) in [5.74, 6) is 0.718. The molecule has 1 aliphatic rings. The molecule has 1 aromatic heterocycles. The Morgan fingerprint density at radius 2 is 2.42 bits per heavy atom. The fraction of sp³-hybridized carbons (Fsp3) is 0.769. The monoisotopic (exact) mass is 265 g/mol. The molecule has 2 atom stereocenters. The highest BCUT2D eigenvalue weighted by Crippen LogP contribution is 2.19. The number of nitrogens with zero attached hydrogens (tertiary/aromatic N) is 4. The minimum absolute atomic E-state index is 0.0969. The van der Waals surface area contributed by atoms with Crippen LogP contribution >= 0.6 is 0 Å². The van der Waals surface area contributed by atoms with E-state index in [0.717, 1.165) is 38.9 Å². The van der Waals surface area contributed by atoms with Crippen LogP contribution in [-0.2, 0) is 11.3 Å².